The number of likely N-dealkylation sites (N-methyl/N-ethyl adjacent to an activating group) is 1. The summed E-state index contributed by atoms with van der Waals surface area (Å²) in [7, 11) is 2.03. The molecule has 3 nitrogen and oxygen atoms in total. The van der Waals surface area contributed by atoms with E-state index in [1.807, 2.05) is 99.7 Å². The molecule has 2 N–H and O–H groups in total. The van der Waals surface area contributed by atoms with Crippen molar-refractivity contribution in [2.75, 3.05) is 20.2 Å². The van der Waals surface area contributed by atoms with E-state index in [0.29, 0.717) is 6.42 Å². The Hall–Kier alpha value is -1.16. The lowest BCUT2D eigenvalue weighted by molar-refractivity contribution is 0.0410. The average Bonchev–Trinajstić information content (AvgIpc) is 3.04. The molecule has 1 saturated heterocycles. The van der Waals surface area contributed by atoms with Crippen molar-refractivity contribution in [3.8, 4) is 0 Å². The smallest absolute Gasteiger partial charge is 0.106 e. The molecule has 3 heteroatoms. The Labute approximate surface area is 163 Å². The monoisotopic (exact) mass is 367 g/mol. The number of nitrogens with zero attached hydrogens (tertiary/aromatic N) is 1. The fraction of sp³-hybridized carbons (Fsp3) is 0.652. The van der Waals surface area contributed by atoms with Gasteiger partial charge in [-0.1, -0.05) is 91.8 Å². The Balaban J connectivity index is -0.000000585. The van der Waals surface area contributed by atoms with E-state index in [1.54, 1.807) is 6.08 Å². The minimum Gasteiger partial charge on any atom is -0.392 e. The van der Waals surface area contributed by atoms with Crippen molar-refractivity contribution in [3.63, 3.8) is 0 Å². The van der Waals surface area contributed by atoms with Gasteiger partial charge in [0.1, 0.15) is 5.60 Å². The molecule has 26 heavy (non-hydrogen) atoms. The van der Waals surface area contributed by atoms with Crippen LogP contribution in [0, 0.1) is 0 Å². The summed E-state index contributed by atoms with van der Waals surface area (Å²) in [5, 5.41) is 20.0. The van der Waals surface area contributed by atoms with Gasteiger partial charge in [-0.15, -0.1) is 0 Å². The van der Waals surface area contributed by atoms with Crippen LogP contribution in [-0.4, -0.2) is 40.9 Å². The Morgan fingerprint density at radius 2 is 1.50 bits per heavy atom. The topological polar surface area (TPSA) is 43.7 Å². The van der Waals surface area contributed by atoms with Gasteiger partial charge in [0.05, 0.1) is 12.6 Å². The van der Waals surface area contributed by atoms with Crippen molar-refractivity contribution < 1.29 is 10.2 Å². The van der Waals surface area contributed by atoms with Gasteiger partial charge in [-0.3, -0.25) is 4.90 Å². The maximum Gasteiger partial charge on any atom is 0.106 e. The largest absolute Gasteiger partial charge is 0.392 e. The third-order valence-electron chi connectivity index (χ3n) is 3.93. The molecule has 0 bridgehead atoms. The van der Waals surface area contributed by atoms with Crippen molar-refractivity contribution in [1.29, 1.82) is 0 Å². The molecule has 0 aromatic heterocycles. The van der Waals surface area contributed by atoms with Gasteiger partial charge >= 0.3 is 0 Å². The summed E-state index contributed by atoms with van der Waals surface area (Å²) in [6.45, 7) is 18.7. The molecule has 1 heterocycles. The molecule has 2 rings (SSSR count). The zero-order valence-electron chi connectivity index (χ0n) is 19.0. The zero-order chi connectivity index (χ0) is 21.2. The first-order valence-electron chi connectivity index (χ1n) is 10.3. The van der Waals surface area contributed by atoms with Crippen LogP contribution >= 0.6 is 0 Å². The zero-order valence-corrected chi connectivity index (χ0v) is 19.0. The molecule has 1 aromatic carbocycles. The summed E-state index contributed by atoms with van der Waals surface area (Å²) >= 11 is 0. The molecule has 0 saturated carbocycles. The first-order valence-corrected chi connectivity index (χ1v) is 10.3. The molecule has 1 aromatic rings. The maximum absolute atomic E-state index is 11.0. The van der Waals surface area contributed by atoms with Crippen LogP contribution in [0.2, 0.25) is 0 Å². The Bertz CT molecular complexity index is 431. The number of hydrogen-bond donors (Lipinski definition) is 2. The van der Waals surface area contributed by atoms with E-state index in [2.05, 4.69) is 4.90 Å². The van der Waals surface area contributed by atoms with E-state index in [1.165, 1.54) is 0 Å². The standard InChI is InChI=1S/C15H21NO2.4C2H6/c1-12(8-11-17)15(18)9-10-16(2)14(15)13-6-4-3-5-7-13;4*1-2/h3-8,14,17-18H,9-11H2,1-2H3;4*1-2H3/b12-8-;;;;. The number of likely N-dealkylation sites (tertiary alicyclic amines) is 1. The highest BCUT2D eigenvalue weighted by Crippen LogP contribution is 2.43. The fourth-order valence-electron chi connectivity index (χ4n) is 2.87. The predicted octanol–water partition coefficient (Wildman–Crippen LogP) is 5.84. The van der Waals surface area contributed by atoms with Crippen LogP contribution in [0.3, 0.4) is 0 Å². The van der Waals surface area contributed by atoms with E-state index in [-0.39, 0.29) is 12.6 Å². The number of benzene rings is 1. The molecule has 1 aliphatic heterocycles. The van der Waals surface area contributed by atoms with Crippen molar-refractivity contribution in [1.82, 2.24) is 4.90 Å². The molecule has 1 fully saturated rings. The van der Waals surface area contributed by atoms with Crippen molar-refractivity contribution in [2.45, 2.75) is 80.4 Å². The van der Waals surface area contributed by atoms with Crippen molar-refractivity contribution in [3.05, 3.63) is 47.5 Å². The summed E-state index contributed by atoms with van der Waals surface area (Å²) < 4.78 is 0. The molecule has 0 amide bonds. The van der Waals surface area contributed by atoms with Gasteiger partial charge in [0.15, 0.2) is 0 Å². The van der Waals surface area contributed by atoms with Crippen LogP contribution in [0.4, 0.5) is 0 Å². The Morgan fingerprint density at radius 1 is 1.04 bits per heavy atom. The Morgan fingerprint density at radius 3 is 1.92 bits per heavy atom. The normalized spacial score (nSPS) is 21.5. The SMILES string of the molecule is C/C(=C/CO)C1(O)CCN(C)C1c1ccccc1.CC.CC.CC.CC. The lowest BCUT2D eigenvalue weighted by atomic mass is 9.83. The molecular formula is C23H45NO2. The van der Waals surface area contributed by atoms with E-state index in [9.17, 15) is 5.11 Å². The van der Waals surface area contributed by atoms with Crippen LogP contribution in [0.5, 0.6) is 0 Å². The second-order valence-corrected chi connectivity index (χ2v) is 5.04. The predicted molar refractivity (Wildman–Crippen MR) is 118 cm³/mol. The number of aliphatic hydroxyl groups is 2. The van der Waals surface area contributed by atoms with Gasteiger partial charge in [0.25, 0.3) is 0 Å². The molecule has 0 spiro atoms. The summed E-state index contributed by atoms with van der Waals surface area (Å²) in [6.07, 6.45) is 2.40. The second kappa shape index (κ2) is 18.6. The lowest BCUT2D eigenvalue weighted by Crippen LogP contribution is -2.37. The van der Waals surface area contributed by atoms with Crippen LogP contribution in [0.25, 0.3) is 0 Å². The van der Waals surface area contributed by atoms with Gasteiger partial charge in [-0.05, 0) is 31.5 Å². The molecular weight excluding hydrogens is 322 g/mol. The number of hydrogen-bond acceptors (Lipinski definition) is 3. The van der Waals surface area contributed by atoms with Crippen LogP contribution in [0.15, 0.2) is 42.0 Å². The second-order valence-electron chi connectivity index (χ2n) is 5.04. The van der Waals surface area contributed by atoms with E-state index < -0.39 is 5.60 Å². The van der Waals surface area contributed by atoms with Crippen molar-refractivity contribution in [2.24, 2.45) is 0 Å². The van der Waals surface area contributed by atoms with Crippen LogP contribution in [-0.2, 0) is 0 Å². The quantitative estimate of drug-likeness (QED) is 0.660. The van der Waals surface area contributed by atoms with E-state index >= 15 is 0 Å². The molecule has 2 atom stereocenters. The lowest BCUT2D eigenvalue weighted by Gasteiger charge is -2.34. The third kappa shape index (κ3) is 8.48. The molecule has 0 aliphatic carbocycles. The highest BCUT2D eigenvalue weighted by atomic mass is 16.3. The van der Waals surface area contributed by atoms with Gasteiger partial charge in [-0.25, -0.2) is 0 Å². The molecule has 2 unspecified atom stereocenters. The first kappa shape index (κ1) is 29.6. The van der Waals surface area contributed by atoms with Gasteiger partial charge in [0.2, 0.25) is 0 Å². The maximum atomic E-state index is 11.0. The summed E-state index contributed by atoms with van der Waals surface area (Å²) in [4.78, 5) is 2.17. The van der Waals surface area contributed by atoms with E-state index in [4.69, 9.17) is 5.11 Å². The van der Waals surface area contributed by atoms with Gasteiger partial charge in [-0.2, -0.15) is 0 Å². The van der Waals surface area contributed by atoms with Gasteiger partial charge in [0, 0.05) is 6.54 Å². The summed E-state index contributed by atoms with van der Waals surface area (Å²) in [5.41, 5.74) is 1.09. The van der Waals surface area contributed by atoms with Gasteiger partial charge < -0.3 is 10.2 Å². The molecule has 0 radical (unpaired) electrons. The van der Waals surface area contributed by atoms with Crippen molar-refractivity contribution >= 4 is 0 Å². The Kier molecular flexibility index (Phi) is 21.2. The van der Waals surface area contributed by atoms with E-state index in [0.717, 1.165) is 17.7 Å². The minimum absolute atomic E-state index is 0.0284. The highest BCUT2D eigenvalue weighted by molar-refractivity contribution is 5.31. The highest BCUT2D eigenvalue weighted by Gasteiger charge is 2.46. The van der Waals surface area contributed by atoms with Crippen LogP contribution in [0.1, 0.15) is 80.3 Å². The number of rotatable bonds is 3. The average molecular weight is 368 g/mol. The summed E-state index contributed by atoms with van der Waals surface area (Å²) in [6, 6.07) is 10.0. The number of aliphatic hydroxyl groups excluding tert-OH is 1. The third-order valence-corrected chi connectivity index (χ3v) is 3.93. The van der Waals surface area contributed by atoms with Crippen LogP contribution < -0.4 is 0 Å². The minimum atomic E-state index is -0.876. The first-order chi connectivity index (χ1) is 12.6. The fourth-order valence-corrected chi connectivity index (χ4v) is 2.87. The molecule has 154 valence electrons. The summed E-state index contributed by atoms with van der Waals surface area (Å²) in [5.74, 6) is 0. The molecule has 1 aliphatic rings.